The van der Waals surface area contributed by atoms with Crippen molar-refractivity contribution < 1.29 is 9.59 Å². The van der Waals surface area contributed by atoms with Gasteiger partial charge in [0.25, 0.3) is 5.91 Å². The molecule has 5 nitrogen and oxygen atoms in total. The van der Waals surface area contributed by atoms with E-state index in [1.807, 2.05) is 24.3 Å². The van der Waals surface area contributed by atoms with Crippen molar-refractivity contribution in [3.8, 4) is 0 Å². The van der Waals surface area contributed by atoms with E-state index in [0.29, 0.717) is 23.7 Å². The second-order valence-corrected chi connectivity index (χ2v) is 6.98. The van der Waals surface area contributed by atoms with Crippen LogP contribution in [0.1, 0.15) is 28.8 Å². The first-order valence-electron chi connectivity index (χ1n) is 8.70. The highest BCUT2D eigenvalue weighted by molar-refractivity contribution is 6.30. The molecule has 6 heteroatoms. The number of nitrogens with two attached hydrogens (primary N) is 1. The van der Waals surface area contributed by atoms with Crippen molar-refractivity contribution in [2.24, 2.45) is 11.7 Å². The molecule has 1 fully saturated rings. The Balaban J connectivity index is 1.58. The number of carbonyl (C=O) groups excluding carboxylic acids is 2. The molecule has 2 aromatic rings. The van der Waals surface area contributed by atoms with Crippen molar-refractivity contribution >= 4 is 29.1 Å². The van der Waals surface area contributed by atoms with Crippen LogP contribution in [0.25, 0.3) is 0 Å². The number of amides is 2. The zero-order valence-electron chi connectivity index (χ0n) is 14.5. The maximum atomic E-state index is 12.2. The SMILES string of the molecule is NC(=O)[C@@H]1CCCN(c2ccc(CNC(=O)c3cccc(Cl)c3)cc2)C1. The molecule has 26 heavy (non-hydrogen) atoms. The van der Waals surface area contributed by atoms with Crippen LogP contribution in [0.4, 0.5) is 5.69 Å². The van der Waals surface area contributed by atoms with E-state index < -0.39 is 0 Å². The van der Waals surface area contributed by atoms with E-state index in [9.17, 15) is 9.59 Å². The summed E-state index contributed by atoms with van der Waals surface area (Å²) in [6, 6.07) is 14.9. The number of halogens is 1. The van der Waals surface area contributed by atoms with E-state index in [1.54, 1.807) is 24.3 Å². The van der Waals surface area contributed by atoms with Crippen LogP contribution in [0.2, 0.25) is 5.02 Å². The second-order valence-electron chi connectivity index (χ2n) is 6.55. The zero-order chi connectivity index (χ0) is 18.5. The third-order valence-corrected chi connectivity index (χ3v) is 4.90. The summed E-state index contributed by atoms with van der Waals surface area (Å²) in [5.74, 6) is -0.465. The number of nitrogens with one attached hydrogen (secondary N) is 1. The predicted molar refractivity (Wildman–Crippen MR) is 103 cm³/mol. The number of piperidine rings is 1. The van der Waals surface area contributed by atoms with Gasteiger partial charge in [0.05, 0.1) is 5.92 Å². The minimum atomic E-state index is -0.227. The average Bonchev–Trinajstić information content (AvgIpc) is 2.66. The Kier molecular flexibility index (Phi) is 5.78. The van der Waals surface area contributed by atoms with Gasteiger partial charge in [-0.05, 0) is 48.7 Å². The van der Waals surface area contributed by atoms with E-state index in [4.69, 9.17) is 17.3 Å². The highest BCUT2D eigenvalue weighted by atomic mass is 35.5. The molecule has 1 heterocycles. The Hall–Kier alpha value is -2.53. The average molecular weight is 372 g/mol. The second kappa shape index (κ2) is 8.23. The number of carbonyl (C=O) groups is 2. The summed E-state index contributed by atoms with van der Waals surface area (Å²) in [5.41, 5.74) is 8.06. The molecule has 136 valence electrons. The summed E-state index contributed by atoms with van der Waals surface area (Å²) in [4.78, 5) is 25.8. The molecule has 0 bridgehead atoms. The predicted octanol–water partition coefficient (Wildman–Crippen LogP) is 2.97. The van der Waals surface area contributed by atoms with Crippen LogP contribution < -0.4 is 16.0 Å². The van der Waals surface area contributed by atoms with Crippen LogP contribution in [0.5, 0.6) is 0 Å². The van der Waals surface area contributed by atoms with Gasteiger partial charge in [0.2, 0.25) is 5.91 Å². The van der Waals surface area contributed by atoms with Crippen LogP contribution in [0, 0.1) is 5.92 Å². The molecule has 2 amide bonds. The molecule has 2 aromatic carbocycles. The van der Waals surface area contributed by atoms with Gasteiger partial charge in [-0.15, -0.1) is 0 Å². The van der Waals surface area contributed by atoms with Gasteiger partial charge in [0.15, 0.2) is 0 Å². The standard InChI is InChI=1S/C20H22ClN3O2/c21-17-5-1-3-15(11-17)20(26)23-12-14-6-8-18(9-7-14)24-10-2-4-16(13-24)19(22)25/h1,3,5-9,11,16H,2,4,10,12-13H2,(H2,22,25)(H,23,26)/t16-/m1/s1. The molecule has 1 aliphatic rings. The fourth-order valence-corrected chi connectivity index (χ4v) is 3.37. The molecule has 3 rings (SSSR count). The lowest BCUT2D eigenvalue weighted by molar-refractivity contribution is -0.122. The van der Waals surface area contributed by atoms with E-state index in [2.05, 4.69) is 10.2 Å². The van der Waals surface area contributed by atoms with Crippen LogP contribution in [-0.2, 0) is 11.3 Å². The molecule has 0 radical (unpaired) electrons. The molecule has 1 saturated heterocycles. The molecule has 0 spiro atoms. The summed E-state index contributed by atoms with van der Waals surface area (Å²) in [6.07, 6.45) is 1.82. The molecular weight excluding hydrogens is 350 g/mol. The number of anilines is 1. The van der Waals surface area contributed by atoms with Crippen molar-refractivity contribution in [1.29, 1.82) is 0 Å². The molecular formula is C20H22ClN3O2. The topological polar surface area (TPSA) is 75.4 Å². The van der Waals surface area contributed by atoms with Crippen molar-refractivity contribution in [3.63, 3.8) is 0 Å². The van der Waals surface area contributed by atoms with Gasteiger partial charge in [-0.1, -0.05) is 29.8 Å². The Morgan fingerprint density at radius 3 is 2.65 bits per heavy atom. The number of benzene rings is 2. The van der Waals surface area contributed by atoms with Crippen molar-refractivity contribution in [2.75, 3.05) is 18.0 Å². The molecule has 0 aromatic heterocycles. The third kappa shape index (κ3) is 4.55. The van der Waals surface area contributed by atoms with Gasteiger partial charge in [-0.25, -0.2) is 0 Å². The van der Waals surface area contributed by atoms with Gasteiger partial charge in [0.1, 0.15) is 0 Å². The van der Waals surface area contributed by atoms with Gasteiger partial charge >= 0.3 is 0 Å². The first-order valence-corrected chi connectivity index (χ1v) is 9.07. The number of hydrogen-bond acceptors (Lipinski definition) is 3. The Morgan fingerprint density at radius 2 is 1.96 bits per heavy atom. The van der Waals surface area contributed by atoms with Crippen LogP contribution in [0.3, 0.4) is 0 Å². The van der Waals surface area contributed by atoms with Gasteiger partial charge in [-0.2, -0.15) is 0 Å². The van der Waals surface area contributed by atoms with E-state index >= 15 is 0 Å². The normalized spacial score (nSPS) is 17.0. The zero-order valence-corrected chi connectivity index (χ0v) is 15.2. The quantitative estimate of drug-likeness (QED) is 0.848. The van der Waals surface area contributed by atoms with Crippen LogP contribution >= 0.6 is 11.6 Å². The largest absolute Gasteiger partial charge is 0.371 e. The Morgan fingerprint density at radius 1 is 1.19 bits per heavy atom. The fourth-order valence-electron chi connectivity index (χ4n) is 3.18. The van der Waals surface area contributed by atoms with Gasteiger partial charge < -0.3 is 16.0 Å². The number of hydrogen-bond donors (Lipinski definition) is 2. The number of nitrogens with zero attached hydrogens (tertiary/aromatic N) is 1. The molecule has 0 saturated carbocycles. The molecule has 0 unspecified atom stereocenters. The monoisotopic (exact) mass is 371 g/mol. The smallest absolute Gasteiger partial charge is 0.251 e. The lowest BCUT2D eigenvalue weighted by atomic mass is 9.97. The molecule has 1 atom stereocenters. The fraction of sp³-hybridized carbons (Fsp3) is 0.300. The molecule has 0 aliphatic carbocycles. The number of primary amides is 1. The lowest BCUT2D eigenvalue weighted by Gasteiger charge is -2.33. The first-order chi connectivity index (χ1) is 12.5. The molecule has 3 N–H and O–H groups in total. The summed E-state index contributed by atoms with van der Waals surface area (Å²) in [5, 5.41) is 3.43. The highest BCUT2D eigenvalue weighted by Crippen LogP contribution is 2.23. The summed E-state index contributed by atoms with van der Waals surface area (Å²) < 4.78 is 0. The van der Waals surface area contributed by atoms with Crippen molar-refractivity contribution in [1.82, 2.24) is 5.32 Å². The Labute approximate surface area is 158 Å². The van der Waals surface area contributed by atoms with Crippen molar-refractivity contribution in [2.45, 2.75) is 19.4 Å². The van der Waals surface area contributed by atoms with E-state index in [1.165, 1.54) is 0 Å². The third-order valence-electron chi connectivity index (χ3n) is 4.67. The minimum absolute atomic E-state index is 0.0830. The summed E-state index contributed by atoms with van der Waals surface area (Å²) >= 11 is 5.91. The van der Waals surface area contributed by atoms with E-state index in [0.717, 1.165) is 30.6 Å². The lowest BCUT2D eigenvalue weighted by Crippen LogP contribution is -2.41. The summed E-state index contributed by atoms with van der Waals surface area (Å²) in [7, 11) is 0. The maximum Gasteiger partial charge on any atom is 0.251 e. The number of rotatable bonds is 5. The van der Waals surface area contributed by atoms with Gasteiger partial charge in [0, 0.05) is 35.9 Å². The molecule has 1 aliphatic heterocycles. The summed E-state index contributed by atoms with van der Waals surface area (Å²) in [6.45, 7) is 2.03. The maximum absolute atomic E-state index is 12.2. The minimum Gasteiger partial charge on any atom is -0.371 e. The first kappa shape index (κ1) is 18.3. The van der Waals surface area contributed by atoms with Crippen LogP contribution in [0.15, 0.2) is 48.5 Å². The van der Waals surface area contributed by atoms with Crippen LogP contribution in [-0.4, -0.2) is 24.9 Å². The Bertz CT molecular complexity index is 792. The van der Waals surface area contributed by atoms with Gasteiger partial charge in [-0.3, -0.25) is 9.59 Å². The van der Waals surface area contributed by atoms with Crippen molar-refractivity contribution in [3.05, 3.63) is 64.7 Å². The van der Waals surface area contributed by atoms with E-state index in [-0.39, 0.29) is 17.7 Å². The highest BCUT2D eigenvalue weighted by Gasteiger charge is 2.24.